The molecule has 2 rings (SSSR count). The Morgan fingerprint density at radius 1 is 0.800 bits per heavy atom. The van der Waals surface area contributed by atoms with Crippen molar-refractivity contribution in [2.45, 2.75) is 37.0 Å². The van der Waals surface area contributed by atoms with Crippen molar-refractivity contribution in [3.63, 3.8) is 0 Å². The maximum absolute atomic E-state index is 2.59. The molecular weight excluding hydrogens is 309 g/mol. The van der Waals surface area contributed by atoms with E-state index in [1.165, 1.54) is 11.3 Å². The topological polar surface area (TPSA) is 0 Å². The second-order valence-electron chi connectivity index (χ2n) is 4.69. The summed E-state index contributed by atoms with van der Waals surface area (Å²) in [6.45, 7) is 5.19. The van der Waals surface area contributed by atoms with Crippen LogP contribution in [0, 0.1) is 14.9 Å². The Labute approximate surface area is 113 Å². The molecule has 0 nitrogen and oxygen atoms in total. The van der Waals surface area contributed by atoms with Crippen molar-refractivity contribution >= 4 is 15.8 Å². The molecule has 2 aliphatic heterocycles. The Balaban J connectivity index is 0. The molecule has 15 heavy (non-hydrogen) atoms. The third-order valence-electron chi connectivity index (χ3n) is 3.92. The number of rotatable bonds is 1. The van der Waals surface area contributed by atoms with Gasteiger partial charge >= 0.3 is 19.5 Å². The first kappa shape index (κ1) is 18.8. The molecule has 4 atom stereocenters. The Kier molecular flexibility index (Phi) is 10.7. The van der Waals surface area contributed by atoms with Gasteiger partial charge in [0.15, 0.2) is 0 Å². The van der Waals surface area contributed by atoms with E-state index >= 15 is 0 Å². The van der Waals surface area contributed by atoms with Gasteiger partial charge in [0.05, 0.1) is 12.3 Å². The van der Waals surface area contributed by atoms with Crippen LogP contribution >= 0.6 is 15.8 Å². The van der Waals surface area contributed by atoms with E-state index in [0.29, 0.717) is 0 Å². The van der Waals surface area contributed by atoms with E-state index in [2.05, 4.69) is 13.3 Å². The van der Waals surface area contributed by atoms with Gasteiger partial charge in [-0.3, -0.25) is 0 Å². The summed E-state index contributed by atoms with van der Waals surface area (Å²) in [6.07, 6.45) is 9.61. The fourth-order valence-electron chi connectivity index (χ4n) is 3.15. The molecule has 2 heterocycles. The summed E-state index contributed by atoms with van der Waals surface area (Å²) in [7, 11) is 0.229. The molecule has 2 aliphatic rings. The first-order valence-electron chi connectivity index (χ1n) is 5.43. The molecule has 0 N–H and O–H groups in total. The maximum Gasteiger partial charge on any atom is 2.00 e. The van der Waals surface area contributed by atoms with Crippen molar-refractivity contribution in [1.82, 2.24) is 0 Å². The summed E-state index contributed by atoms with van der Waals surface area (Å²) < 4.78 is 0. The number of hydrogen-bond donors (Lipinski definition) is 0. The summed E-state index contributed by atoms with van der Waals surface area (Å²) in [5.41, 5.74) is 2.49. The molecule has 0 aromatic heterocycles. The molecule has 0 saturated carbocycles. The third kappa shape index (κ3) is 4.33. The van der Waals surface area contributed by atoms with Gasteiger partial charge in [-0.2, -0.15) is 0 Å². The molecular formula is C12H28P2Rh+2. The SMILES string of the molecule is C[PH+]1CCC[C@@H]1[C@H]1CCC[PH+]1C.[CH3-].[CH3-].[Rh+2]. The van der Waals surface area contributed by atoms with Crippen LogP contribution in [0.1, 0.15) is 25.7 Å². The van der Waals surface area contributed by atoms with Crippen LogP contribution in [0.25, 0.3) is 0 Å². The Hall–Kier alpha value is 1.48. The molecule has 2 unspecified atom stereocenters. The Morgan fingerprint density at radius 3 is 1.33 bits per heavy atom. The minimum Gasteiger partial charge on any atom is -0.358 e. The maximum atomic E-state index is 2.59. The smallest absolute Gasteiger partial charge is 0.358 e. The molecule has 93 valence electrons. The van der Waals surface area contributed by atoms with Gasteiger partial charge in [-0.05, 0) is 25.7 Å². The van der Waals surface area contributed by atoms with Crippen molar-refractivity contribution in [3.05, 3.63) is 14.9 Å². The summed E-state index contributed by atoms with van der Waals surface area (Å²) in [4.78, 5) is 0. The molecule has 3 heteroatoms. The van der Waals surface area contributed by atoms with Crippen molar-refractivity contribution in [1.29, 1.82) is 0 Å². The normalized spacial score (nSPS) is 38.8. The van der Waals surface area contributed by atoms with E-state index < -0.39 is 0 Å². The minimum atomic E-state index is 0. The Bertz CT molecular complexity index is 146. The van der Waals surface area contributed by atoms with E-state index in [0.717, 1.165) is 0 Å². The van der Waals surface area contributed by atoms with Gasteiger partial charge in [-0.25, -0.2) is 0 Å². The van der Waals surface area contributed by atoms with Crippen LogP contribution in [0.15, 0.2) is 0 Å². The van der Waals surface area contributed by atoms with Gasteiger partial charge in [0.2, 0.25) is 0 Å². The van der Waals surface area contributed by atoms with Gasteiger partial charge in [-0.1, -0.05) is 0 Å². The molecule has 0 bridgehead atoms. The second-order valence-corrected chi connectivity index (χ2v) is 10.6. The van der Waals surface area contributed by atoms with Crippen LogP contribution in [-0.2, 0) is 19.5 Å². The first-order valence-corrected chi connectivity index (χ1v) is 10.0. The first-order chi connectivity index (χ1) is 5.79. The van der Waals surface area contributed by atoms with E-state index in [1.807, 2.05) is 0 Å². The van der Waals surface area contributed by atoms with E-state index in [1.54, 1.807) is 38.0 Å². The molecule has 0 aromatic carbocycles. The molecule has 0 aromatic rings. The van der Waals surface area contributed by atoms with Gasteiger partial charge in [0.1, 0.15) is 11.3 Å². The van der Waals surface area contributed by atoms with E-state index in [9.17, 15) is 0 Å². The zero-order valence-corrected chi connectivity index (χ0v) is 14.4. The van der Waals surface area contributed by atoms with Crippen LogP contribution in [0.2, 0.25) is 0 Å². The van der Waals surface area contributed by atoms with Crippen LogP contribution in [0.3, 0.4) is 0 Å². The van der Waals surface area contributed by atoms with Crippen molar-refractivity contribution in [2.75, 3.05) is 25.7 Å². The van der Waals surface area contributed by atoms with E-state index in [4.69, 9.17) is 0 Å². The van der Waals surface area contributed by atoms with Gasteiger partial charge in [0.25, 0.3) is 0 Å². The van der Waals surface area contributed by atoms with Crippen molar-refractivity contribution in [2.24, 2.45) is 0 Å². The van der Waals surface area contributed by atoms with Gasteiger partial charge in [0, 0.05) is 29.2 Å². The van der Waals surface area contributed by atoms with Gasteiger partial charge < -0.3 is 14.9 Å². The Morgan fingerprint density at radius 2 is 1.13 bits per heavy atom. The van der Waals surface area contributed by atoms with Crippen molar-refractivity contribution in [3.8, 4) is 0 Å². The third-order valence-corrected chi connectivity index (χ3v) is 10.5. The average molecular weight is 337 g/mol. The molecule has 2 fully saturated rings. The molecule has 0 aliphatic carbocycles. The van der Waals surface area contributed by atoms with E-state index in [-0.39, 0.29) is 50.2 Å². The minimum absolute atomic E-state index is 0. The zero-order valence-electron chi connectivity index (χ0n) is 10.7. The van der Waals surface area contributed by atoms with Crippen LogP contribution in [0.4, 0.5) is 0 Å². The summed E-state index contributed by atoms with van der Waals surface area (Å²) in [6, 6.07) is 0. The fourth-order valence-corrected chi connectivity index (χ4v) is 10.2. The predicted octanol–water partition coefficient (Wildman–Crippen LogP) is 3.90. The van der Waals surface area contributed by atoms with Crippen LogP contribution < -0.4 is 0 Å². The van der Waals surface area contributed by atoms with Gasteiger partial charge in [-0.15, -0.1) is 0 Å². The molecule has 0 amide bonds. The molecule has 2 saturated heterocycles. The molecule has 0 spiro atoms. The van der Waals surface area contributed by atoms with Crippen molar-refractivity contribution < 1.29 is 19.5 Å². The summed E-state index contributed by atoms with van der Waals surface area (Å²) in [5, 5.41) is 0. The predicted molar refractivity (Wildman–Crippen MR) is 77.1 cm³/mol. The monoisotopic (exact) mass is 337 g/mol. The molecule has 1 radical (unpaired) electrons. The fraction of sp³-hybridized carbons (Fsp3) is 0.833. The zero-order chi connectivity index (χ0) is 8.55. The largest absolute Gasteiger partial charge is 2.00 e. The summed E-state index contributed by atoms with van der Waals surface area (Å²) >= 11 is 0. The quantitative estimate of drug-likeness (QED) is 0.387. The average Bonchev–Trinajstić information content (AvgIpc) is 2.59. The number of hydrogen-bond acceptors (Lipinski definition) is 0. The van der Waals surface area contributed by atoms with Crippen LogP contribution in [0.5, 0.6) is 0 Å². The second kappa shape index (κ2) is 8.56. The standard InChI is InChI=1S/C10H20P2.2CH3.Rh/c1-11-7-3-5-9(11)10-6-4-8-12(10)2;;;/h9-10H,3-8H2,1-2H3;2*1H3;/q;2*-1;+2/p+2/t9-,10-,11?,12?;;;/m1.../s1. The summed E-state index contributed by atoms with van der Waals surface area (Å²) in [5.74, 6) is 0. The van der Waals surface area contributed by atoms with Crippen LogP contribution in [-0.4, -0.2) is 37.0 Å².